The topological polar surface area (TPSA) is 112 Å². The molecule has 41 heavy (non-hydrogen) atoms. The molecule has 0 unspecified atom stereocenters. The molecular formula is C27H35F3N6O4S. The van der Waals surface area contributed by atoms with Gasteiger partial charge in [0, 0.05) is 62.8 Å². The SMILES string of the molecule is CCCNc1cc(Nc2ccc(S(=O)(=O)N3CCC(N4CCOCC4)CC3)cc2OC)nc2[nH]cc(C(F)(F)F)c12. The molecule has 0 bridgehead atoms. The van der Waals surface area contributed by atoms with Gasteiger partial charge in [-0.1, -0.05) is 6.92 Å². The highest BCUT2D eigenvalue weighted by Gasteiger charge is 2.35. The van der Waals surface area contributed by atoms with Gasteiger partial charge in [0.05, 0.1) is 41.9 Å². The highest BCUT2D eigenvalue weighted by atomic mass is 32.2. The number of aromatic nitrogens is 2. The van der Waals surface area contributed by atoms with E-state index < -0.39 is 21.8 Å². The summed E-state index contributed by atoms with van der Waals surface area (Å²) in [6.07, 6.45) is -1.41. The molecule has 2 aromatic heterocycles. The summed E-state index contributed by atoms with van der Waals surface area (Å²) in [5, 5.41) is 6.09. The van der Waals surface area contributed by atoms with Crippen LogP contribution in [0.1, 0.15) is 31.7 Å². The fourth-order valence-electron chi connectivity index (χ4n) is 5.43. The average molecular weight is 597 g/mol. The zero-order chi connectivity index (χ0) is 29.2. The molecule has 2 fully saturated rings. The molecule has 2 saturated heterocycles. The summed E-state index contributed by atoms with van der Waals surface area (Å²) in [5.41, 5.74) is -0.0224. The van der Waals surface area contributed by atoms with Gasteiger partial charge < -0.3 is 25.1 Å². The summed E-state index contributed by atoms with van der Waals surface area (Å²) in [4.78, 5) is 9.44. The third-order valence-corrected chi connectivity index (χ3v) is 9.47. The van der Waals surface area contributed by atoms with Crippen molar-refractivity contribution in [3.63, 3.8) is 0 Å². The average Bonchev–Trinajstić information content (AvgIpc) is 3.42. The van der Waals surface area contributed by atoms with Crippen molar-refractivity contribution in [1.29, 1.82) is 0 Å². The van der Waals surface area contributed by atoms with Crippen LogP contribution in [0.3, 0.4) is 0 Å². The second-order valence-corrected chi connectivity index (χ2v) is 12.1. The number of aromatic amines is 1. The number of methoxy groups -OCH3 is 1. The Labute approximate surface area is 237 Å². The van der Waals surface area contributed by atoms with Gasteiger partial charge in [0.2, 0.25) is 10.0 Å². The predicted molar refractivity (Wildman–Crippen MR) is 150 cm³/mol. The van der Waals surface area contributed by atoms with E-state index in [4.69, 9.17) is 9.47 Å². The Kier molecular flexibility index (Phi) is 8.64. The van der Waals surface area contributed by atoms with Gasteiger partial charge in [0.25, 0.3) is 0 Å². The molecule has 3 aromatic rings. The van der Waals surface area contributed by atoms with E-state index in [1.165, 1.54) is 29.6 Å². The van der Waals surface area contributed by atoms with E-state index in [2.05, 4.69) is 25.5 Å². The number of benzene rings is 1. The first kappa shape index (κ1) is 29.4. The normalized spacial score (nSPS) is 18.1. The van der Waals surface area contributed by atoms with Crippen LogP contribution in [-0.2, 0) is 20.9 Å². The standard InChI is InChI=1S/C27H35F3N6O4S/c1-3-8-31-22-16-24(34-26-25(22)20(17-32-26)27(28,29)30)33-21-5-4-19(15-23(21)39-2)41(37,38)36-9-6-18(7-10-36)35-11-13-40-14-12-35/h4-5,15-18H,3,6-14H2,1-2H3,(H3,31,32,33,34). The summed E-state index contributed by atoms with van der Waals surface area (Å²) < 4.78 is 80.2. The number of nitrogens with zero attached hydrogens (tertiary/aromatic N) is 3. The molecule has 0 radical (unpaired) electrons. The molecule has 5 rings (SSSR count). The molecule has 224 valence electrons. The quantitative estimate of drug-likeness (QED) is 0.328. The Morgan fingerprint density at radius 2 is 1.85 bits per heavy atom. The zero-order valence-corrected chi connectivity index (χ0v) is 23.9. The predicted octanol–water partition coefficient (Wildman–Crippen LogP) is 4.64. The number of hydrogen-bond acceptors (Lipinski definition) is 8. The van der Waals surface area contributed by atoms with Crippen molar-refractivity contribution >= 4 is 38.2 Å². The zero-order valence-electron chi connectivity index (χ0n) is 23.1. The smallest absolute Gasteiger partial charge is 0.418 e. The molecule has 10 nitrogen and oxygen atoms in total. The lowest BCUT2D eigenvalue weighted by molar-refractivity contribution is -0.136. The molecular weight excluding hydrogens is 561 g/mol. The van der Waals surface area contributed by atoms with E-state index in [0.29, 0.717) is 51.0 Å². The van der Waals surface area contributed by atoms with Crippen molar-refractivity contribution in [2.75, 3.05) is 63.7 Å². The number of rotatable bonds is 9. The van der Waals surface area contributed by atoms with Crippen LogP contribution in [0.25, 0.3) is 11.0 Å². The van der Waals surface area contributed by atoms with Gasteiger partial charge in [0.1, 0.15) is 17.2 Å². The van der Waals surface area contributed by atoms with Gasteiger partial charge in [-0.25, -0.2) is 13.4 Å². The summed E-state index contributed by atoms with van der Waals surface area (Å²) in [6, 6.07) is 6.38. The summed E-state index contributed by atoms with van der Waals surface area (Å²) in [5.74, 6) is 0.535. The second-order valence-electron chi connectivity index (χ2n) is 10.2. The lowest BCUT2D eigenvalue weighted by Gasteiger charge is -2.39. The van der Waals surface area contributed by atoms with Crippen molar-refractivity contribution in [3.8, 4) is 5.75 Å². The third kappa shape index (κ3) is 6.25. The lowest BCUT2D eigenvalue weighted by Crippen LogP contribution is -2.50. The molecule has 2 aliphatic heterocycles. The van der Waals surface area contributed by atoms with Crippen LogP contribution in [0.2, 0.25) is 0 Å². The Hall–Kier alpha value is -3.07. The summed E-state index contributed by atoms with van der Waals surface area (Å²) >= 11 is 0. The maximum absolute atomic E-state index is 13.6. The van der Waals surface area contributed by atoms with E-state index in [9.17, 15) is 21.6 Å². The van der Waals surface area contributed by atoms with Gasteiger partial charge in [-0.05, 0) is 31.4 Å². The van der Waals surface area contributed by atoms with Crippen molar-refractivity contribution < 1.29 is 31.1 Å². The Morgan fingerprint density at radius 3 is 2.51 bits per heavy atom. The molecule has 4 heterocycles. The van der Waals surface area contributed by atoms with Crippen LogP contribution in [0.4, 0.5) is 30.4 Å². The number of sulfonamides is 1. The molecule has 2 aliphatic rings. The van der Waals surface area contributed by atoms with Gasteiger partial charge in [-0.15, -0.1) is 0 Å². The fraction of sp³-hybridized carbons (Fsp3) is 0.519. The number of piperidine rings is 1. The van der Waals surface area contributed by atoms with Crippen LogP contribution < -0.4 is 15.4 Å². The third-order valence-electron chi connectivity index (χ3n) is 7.57. The van der Waals surface area contributed by atoms with Crippen molar-refractivity contribution in [2.24, 2.45) is 0 Å². The number of H-pyrrole nitrogens is 1. The minimum absolute atomic E-state index is 0.0395. The van der Waals surface area contributed by atoms with E-state index in [1.54, 1.807) is 6.07 Å². The maximum atomic E-state index is 13.6. The number of alkyl halides is 3. The Bertz CT molecular complexity index is 1470. The Balaban J connectivity index is 1.36. The molecule has 0 aliphatic carbocycles. The number of ether oxygens (including phenoxy) is 2. The minimum atomic E-state index is -4.54. The lowest BCUT2D eigenvalue weighted by atomic mass is 10.0. The first-order chi connectivity index (χ1) is 19.6. The number of halogens is 3. The van der Waals surface area contributed by atoms with Crippen LogP contribution >= 0.6 is 0 Å². The number of nitrogens with one attached hydrogen (secondary N) is 3. The number of pyridine rings is 1. The first-order valence-electron chi connectivity index (χ1n) is 13.7. The van der Waals surface area contributed by atoms with E-state index >= 15 is 0 Å². The highest BCUT2D eigenvalue weighted by molar-refractivity contribution is 7.89. The fourth-order valence-corrected chi connectivity index (χ4v) is 6.92. The minimum Gasteiger partial charge on any atom is -0.495 e. The summed E-state index contributed by atoms with van der Waals surface area (Å²) in [7, 11) is -2.32. The van der Waals surface area contributed by atoms with Gasteiger partial charge in [-0.3, -0.25) is 4.90 Å². The van der Waals surface area contributed by atoms with Gasteiger partial charge in [0.15, 0.2) is 0 Å². The number of anilines is 3. The van der Waals surface area contributed by atoms with Crippen LogP contribution in [0.5, 0.6) is 5.75 Å². The monoisotopic (exact) mass is 596 g/mol. The van der Waals surface area contributed by atoms with E-state index in [0.717, 1.165) is 32.1 Å². The number of hydrogen-bond donors (Lipinski definition) is 3. The molecule has 1 aromatic carbocycles. The van der Waals surface area contributed by atoms with Crippen LogP contribution in [-0.4, -0.2) is 86.7 Å². The van der Waals surface area contributed by atoms with Crippen LogP contribution in [0.15, 0.2) is 35.4 Å². The van der Waals surface area contributed by atoms with Gasteiger partial charge >= 0.3 is 6.18 Å². The van der Waals surface area contributed by atoms with Gasteiger partial charge in [-0.2, -0.15) is 17.5 Å². The maximum Gasteiger partial charge on any atom is 0.418 e. The van der Waals surface area contributed by atoms with Crippen molar-refractivity contribution in [2.45, 2.75) is 43.3 Å². The highest BCUT2D eigenvalue weighted by Crippen LogP contribution is 2.40. The molecule has 3 N–H and O–H groups in total. The molecule has 0 saturated carbocycles. The Morgan fingerprint density at radius 1 is 1.12 bits per heavy atom. The largest absolute Gasteiger partial charge is 0.495 e. The molecule has 0 amide bonds. The summed E-state index contributed by atoms with van der Waals surface area (Å²) in [6.45, 7) is 6.40. The van der Waals surface area contributed by atoms with Crippen molar-refractivity contribution in [3.05, 3.63) is 36.0 Å². The van der Waals surface area contributed by atoms with E-state index in [-0.39, 0.29) is 33.2 Å². The van der Waals surface area contributed by atoms with E-state index in [1.807, 2.05) is 6.92 Å². The molecule has 0 atom stereocenters. The first-order valence-corrected chi connectivity index (χ1v) is 15.2. The number of fused-ring (bicyclic) bond motifs is 1. The van der Waals surface area contributed by atoms with Crippen LogP contribution in [0, 0.1) is 0 Å². The molecule has 14 heteroatoms. The molecule has 0 spiro atoms. The second kappa shape index (κ2) is 12.0. The number of morpholine rings is 1. The van der Waals surface area contributed by atoms with Crippen molar-refractivity contribution in [1.82, 2.24) is 19.2 Å².